The molecule has 64 valence electrons. The van der Waals surface area contributed by atoms with E-state index in [1.54, 1.807) is 0 Å². The van der Waals surface area contributed by atoms with E-state index in [0.717, 1.165) is 0 Å². The van der Waals surface area contributed by atoms with Crippen LogP contribution in [0.15, 0.2) is 12.3 Å². The first-order valence-corrected chi connectivity index (χ1v) is 3.58. The van der Waals surface area contributed by atoms with Crippen LogP contribution in [0.25, 0.3) is 0 Å². The number of rotatable bonds is 2. The van der Waals surface area contributed by atoms with Crippen LogP contribution in [0, 0.1) is 10.1 Å². The third-order valence-electron chi connectivity index (χ3n) is 1.06. The zero-order valence-corrected chi connectivity index (χ0v) is 7.13. The smallest absolute Gasteiger partial charge is 0.162 e. The summed E-state index contributed by atoms with van der Waals surface area (Å²) in [6.07, 6.45) is 1.32. The van der Waals surface area contributed by atoms with Crippen LogP contribution in [0.1, 0.15) is 0 Å². The van der Waals surface area contributed by atoms with Gasteiger partial charge in [0.15, 0.2) is 5.03 Å². The van der Waals surface area contributed by atoms with Crippen LogP contribution >= 0.6 is 23.2 Å². The van der Waals surface area contributed by atoms with Gasteiger partial charge in [-0.3, -0.25) is 0 Å². The van der Waals surface area contributed by atoms with Gasteiger partial charge in [-0.2, -0.15) is 0 Å². The highest BCUT2D eigenvalue weighted by Crippen LogP contribution is 2.27. The molecule has 1 aromatic rings. The number of nitro groups is 1. The molecule has 7 heteroatoms. The van der Waals surface area contributed by atoms with Crippen LogP contribution in [0.4, 0.5) is 5.69 Å². The van der Waals surface area contributed by atoms with Gasteiger partial charge in [-0.05, 0) is 6.07 Å². The minimum absolute atomic E-state index is 0.0310. The summed E-state index contributed by atoms with van der Waals surface area (Å²) in [5.74, 6) is 0. The summed E-state index contributed by atoms with van der Waals surface area (Å²) in [6.45, 7) is 0. The molecule has 0 aliphatic heterocycles. The quantitative estimate of drug-likeness (QED) is 0.458. The molecule has 1 N–H and O–H groups in total. The van der Waals surface area contributed by atoms with Crippen LogP contribution in [-0.2, 0) is 0 Å². The number of anilines is 1. The first-order chi connectivity index (χ1) is 5.61. The zero-order valence-electron chi connectivity index (χ0n) is 5.62. The van der Waals surface area contributed by atoms with Crippen LogP contribution in [0.3, 0.4) is 0 Å². The number of nitrogens with zero attached hydrogens (tertiary/aromatic N) is 2. The van der Waals surface area contributed by atoms with E-state index in [4.69, 9.17) is 23.2 Å². The highest BCUT2D eigenvalue weighted by Gasteiger charge is 2.08. The number of hydrogen-bond donors (Lipinski definition) is 1. The van der Waals surface area contributed by atoms with Crippen molar-refractivity contribution < 1.29 is 5.03 Å². The lowest BCUT2D eigenvalue weighted by Gasteiger charge is -1.99. The number of hydrogen-bond acceptors (Lipinski definition) is 3. The van der Waals surface area contributed by atoms with Gasteiger partial charge in [0.05, 0.1) is 0 Å². The summed E-state index contributed by atoms with van der Waals surface area (Å²) in [5, 5.41) is 9.35. The number of pyridine rings is 1. The number of hydrazine groups is 1. The van der Waals surface area contributed by atoms with Crippen molar-refractivity contribution in [3.8, 4) is 0 Å². The average molecular weight is 208 g/mol. The molecule has 0 spiro atoms. The zero-order chi connectivity index (χ0) is 9.14. The Hall–Kier alpha value is -1.07. The summed E-state index contributed by atoms with van der Waals surface area (Å²) in [4.78, 5) is 13.6. The molecule has 1 rings (SSSR count). The second-order valence-corrected chi connectivity index (χ2v) is 2.57. The molecular formula is C5H3Cl2N3O2. The highest BCUT2D eigenvalue weighted by molar-refractivity contribution is 6.42. The van der Waals surface area contributed by atoms with Gasteiger partial charge < -0.3 is 0 Å². The van der Waals surface area contributed by atoms with Gasteiger partial charge in [0, 0.05) is 6.20 Å². The van der Waals surface area contributed by atoms with Crippen LogP contribution in [0.5, 0.6) is 0 Å². The van der Waals surface area contributed by atoms with E-state index in [1.165, 1.54) is 12.3 Å². The summed E-state index contributed by atoms with van der Waals surface area (Å²) in [5.41, 5.74) is 2.01. The maximum atomic E-state index is 10.0. The maximum absolute atomic E-state index is 10.0. The minimum atomic E-state index is -0.725. The lowest BCUT2D eigenvalue weighted by molar-refractivity contribution is -0.445. The molecule has 12 heavy (non-hydrogen) atoms. The summed E-state index contributed by atoms with van der Waals surface area (Å²) in [6, 6.07) is 1.36. The monoisotopic (exact) mass is 207 g/mol. The highest BCUT2D eigenvalue weighted by atomic mass is 35.5. The largest absolute Gasteiger partial charge is 0.243 e. The minimum Gasteiger partial charge on any atom is -0.243 e. The molecule has 0 aromatic carbocycles. The molecule has 0 amide bonds. The predicted molar refractivity (Wildman–Crippen MR) is 44.9 cm³/mol. The normalized spacial score (nSPS) is 9.50. The van der Waals surface area contributed by atoms with Gasteiger partial charge >= 0.3 is 0 Å². The van der Waals surface area contributed by atoms with Gasteiger partial charge in [0.2, 0.25) is 0 Å². The Bertz CT molecular complexity index is 318. The first-order valence-electron chi connectivity index (χ1n) is 2.82. The lowest BCUT2D eigenvalue weighted by Crippen LogP contribution is -2.08. The van der Waals surface area contributed by atoms with Crippen LogP contribution in [0.2, 0.25) is 10.2 Å². The maximum Gasteiger partial charge on any atom is 0.162 e. The summed E-state index contributed by atoms with van der Waals surface area (Å²) >= 11 is 11.1. The Morgan fingerprint density at radius 2 is 2.25 bits per heavy atom. The van der Waals surface area contributed by atoms with Gasteiger partial charge in [-0.15, -0.1) is 5.43 Å². The van der Waals surface area contributed by atoms with Gasteiger partial charge in [-0.25, -0.2) is 15.1 Å². The summed E-state index contributed by atoms with van der Waals surface area (Å²) < 4.78 is 0. The first kappa shape index (κ1) is 9.02. The van der Waals surface area contributed by atoms with E-state index in [1.807, 2.05) is 5.43 Å². The van der Waals surface area contributed by atoms with Crippen molar-refractivity contribution in [1.82, 2.24) is 4.98 Å². The Kier molecular flexibility index (Phi) is 2.67. The van der Waals surface area contributed by atoms with Gasteiger partial charge in [0.1, 0.15) is 15.9 Å². The van der Waals surface area contributed by atoms with Crippen molar-refractivity contribution in [1.29, 1.82) is 0 Å². The Morgan fingerprint density at radius 1 is 1.58 bits per heavy atom. The van der Waals surface area contributed by atoms with Crippen molar-refractivity contribution in [2.24, 2.45) is 0 Å². The number of aromatic nitrogens is 1. The fraction of sp³-hybridized carbons (Fsp3) is 0. The topological polar surface area (TPSA) is 68.1 Å². The van der Waals surface area contributed by atoms with Crippen molar-refractivity contribution in [3.63, 3.8) is 0 Å². The molecule has 0 aliphatic carbocycles. The second-order valence-electron chi connectivity index (χ2n) is 1.83. The van der Waals surface area contributed by atoms with Gasteiger partial charge in [-0.1, -0.05) is 23.2 Å². The van der Waals surface area contributed by atoms with E-state index in [0.29, 0.717) is 0 Å². The number of nitrogens with one attached hydrogen (secondary N) is 1. The molecule has 1 heterocycles. The van der Waals surface area contributed by atoms with E-state index in [-0.39, 0.29) is 15.9 Å². The molecule has 0 unspecified atom stereocenters. The lowest BCUT2D eigenvalue weighted by atomic mass is 10.4. The Morgan fingerprint density at radius 3 is 2.83 bits per heavy atom. The van der Waals surface area contributed by atoms with Crippen LogP contribution in [-0.4, -0.2) is 10.0 Å². The van der Waals surface area contributed by atoms with E-state index in [9.17, 15) is 10.1 Å². The van der Waals surface area contributed by atoms with Crippen molar-refractivity contribution in [3.05, 3.63) is 32.6 Å². The molecule has 0 saturated heterocycles. The third-order valence-corrected chi connectivity index (χ3v) is 1.82. The number of halogens is 2. The molecule has 0 fully saturated rings. The second kappa shape index (κ2) is 3.55. The molecule has 5 nitrogen and oxygen atoms in total. The SMILES string of the molecule is O=[N+]([O-])Nc1ccnc(Cl)c1Cl. The fourth-order valence-electron chi connectivity index (χ4n) is 0.603. The molecular weight excluding hydrogens is 205 g/mol. The molecule has 0 saturated carbocycles. The van der Waals surface area contributed by atoms with Crippen molar-refractivity contribution >= 4 is 28.9 Å². The Balaban J connectivity index is 3.00. The molecule has 0 bridgehead atoms. The van der Waals surface area contributed by atoms with E-state index < -0.39 is 5.03 Å². The van der Waals surface area contributed by atoms with E-state index in [2.05, 4.69) is 4.98 Å². The van der Waals surface area contributed by atoms with Gasteiger partial charge in [0.25, 0.3) is 0 Å². The van der Waals surface area contributed by atoms with E-state index >= 15 is 0 Å². The molecule has 0 aliphatic rings. The fourth-order valence-corrected chi connectivity index (χ4v) is 0.915. The molecule has 0 atom stereocenters. The molecule has 1 aromatic heterocycles. The van der Waals surface area contributed by atoms with Crippen molar-refractivity contribution in [2.75, 3.05) is 5.43 Å². The van der Waals surface area contributed by atoms with Crippen molar-refractivity contribution in [2.45, 2.75) is 0 Å². The molecule has 0 radical (unpaired) electrons. The standard InChI is InChI=1S/C5H3Cl2N3O2/c6-4-3(9-10(11)12)1-2-8-5(4)7/h1-2H,(H,8,9). The predicted octanol–water partition coefficient (Wildman–Crippen LogP) is 1.99. The van der Waals surface area contributed by atoms with Crippen LogP contribution < -0.4 is 5.43 Å². The Labute approximate surface area is 77.4 Å². The average Bonchev–Trinajstić information content (AvgIpc) is 1.98. The summed E-state index contributed by atoms with van der Waals surface area (Å²) in [7, 11) is 0. The third kappa shape index (κ3) is 1.96.